The Kier molecular flexibility index (Phi) is 3.74. The van der Waals surface area contributed by atoms with Crippen molar-refractivity contribution in [2.24, 2.45) is 0 Å². The van der Waals surface area contributed by atoms with E-state index < -0.39 is 0 Å². The Hall–Kier alpha value is -1.13. The number of halogens is 1. The van der Waals surface area contributed by atoms with Crippen molar-refractivity contribution in [3.05, 3.63) is 29.6 Å². The monoisotopic (exact) mass is 224 g/mol. The quantitative estimate of drug-likeness (QED) is 0.792. The number of hydrogen-bond donors (Lipinski definition) is 1. The molecule has 0 unspecified atom stereocenters. The molecule has 1 aromatic carbocycles. The maximum absolute atomic E-state index is 13.2. The summed E-state index contributed by atoms with van der Waals surface area (Å²) in [5, 5.41) is 0. The standard InChI is InChI=1S/C12H17FN2O/c1-16-14-9-10-8-11(13)4-5-12(10)15-6-2-3-7-15/h4-5,8,14H,2-3,6-7,9H2,1H3. The molecule has 1 heterocycles. The summed E-state index contributed by atoms with van der Waals surface area (Å²) in [4.78, 5) is 7.11. The normalized spacial score (nSPS) is 15.8. The molecule has 1 N–H and O–H groups in total. The Balaban J connectivity index is 2.20. The molecule has 3 nitrogen and oxygen atoms in total. The van der Waals surface area contributed by atoms with Crippen LogP contribution in [0.1, 0.15) is 18.4 Å². The van der Waals surface area contributed by atoms with E-state index in [-0.39, 0.29) is 5.82 Å². The predicted molar refractivity (Wildman–Crippen MR) is 61.7 cm³/mol. The molecule has 0 amide bonds. The highest BCUT2D eigenvalue weighted by atomic mass is 19.1. The first kappa shape index (κ1) is 11.4. The molecule has 16 heavy (non-hydrogen) atoms. The van der Waals surface area contributed by atoms with Crippen molar-refractivity contribution in [3.8, 4) is 0 Å². The molecule has 0 aromatic heterocycles. The number of anilines is 1. The first-order valence-electron chi connectivity index (χ1n) is 5.60. The molecule has 0 saturated carbocycles. The van der Waals surface area contributed by atoms with E-state index >= 15 is 0 Å². The second kappa shape index (κ2) is 5.27. The lowest BCUT2D eigenvalue weighted by atomic mass is 10.1. The molecule has 1 saturated heterocycles. The Labute approximate surface area is 95.2 Å². The predicted octanol–water partition coefficient (Wildman–Crippen LogP) is 2.08. The van der Waals surface area contributed by atoms with Crippen LogP contribution in [0.25, 0.3) is 0 Å². The minimum Gasteiger partial charge on any atom is -0.371 e. The third-order valence-electron chi connectivity index (χ3n) is 2.90. The summed E-state index contributed by atoms with van der Waals surface area (Å²) in [7, 11) is 1.56. The molecule has 4 heteroatoms. The fourth-order valence-corrected chi connectivity index (χ4v) is 2.11. The van der Waals surface area contributed by atoms with Gasteiger partial charge in [-0.3, -0.25) is 0 Å². The molecule has 1 fully saturated rings. The highest BCUT2D eigenvalue weighted by molar-refractivity contribution is 5.54. The molecule has 1 aromatic rings. The smallest absolute Gasteiger partial charge is 0.123 e. The van der Waals surface area contributed by atoms with E-state index in [9.17, 15) is 4.39 Å². The third kappa shape index (κ3) is 2.51. The van der Waals surface area contributed by atoms with E-state index in [2.05, 4.69) is 10.4 Å². The topological polar surface area (TPSA) is 24.5 Å². The molecule has 0 bridgehead atoms. The van der Waals surface area contributed by atoms with E-state index in [1.54, 1.807) is 13.2 Å². The van der Waals surface area contributed by atoms with E-state index in [1.165, 1.54) is 18.9 Å². The first-order chi connectivity index (χ1) is 7.81. The Bertz CT molecular complexity index is 351. The molecule has 0 aliphatic carbocycles. The maximum atomic E-state index is 13.2. The number of nitrogens with zero attached hydrogens (tertiary/aromatic N) is 1. The second-order valence-corrected chi connectivity index (χ2v) is 3.99. The van der Waals surface area contributed by atoms with Crippen LogP contribution in [0.5, 0.6) is 0 Å². The van der Waals surface area contributed by atoms with Gasteiger partial charge in [-0.05, 0) is 36.6 Å². The molecular formula is C12H17FN2O. The average molecular weight is 224 g/mol. The zero-order valence-electron chi connectivity index (χ0n) is 9.50. The van der Waals surface area contributed by atoms with E-state index in [0.29, 0.717) is 6.54 Å². The van der Waals surface area contributed by atoms with Crippen molar-refractivity contribution >= 4 is 5.69 Å². The van der Waals surface area contributed by atoms with Gasteiger partial charge in [0.1, 0.15) is 5.82 Å². The van der Waals surface area contributed by atoms with Gasteiger partial charge in [0, 0.05) is 25.3 Å². The van der Waals surface area contributed by atoms with Crippen LogP contribution >= 0.6 is 0 Å². The van der Waals surface area contributed by atoms with Crippen molar-refractivity contribution < 1.29 is 9.23 Å². The zero-order chi connectivity index (χ0) is 11.4. The number of nitrogens with one attached hydrogen (secondary N) is 1. The largest absolute Gasteiger partial charge is 0.371 e. The van der Waals surface area contributed by atoms with Gasteiger partial charge in [0.15, 0.2) is 0 Å². The van der Waals surface area contributed by atoms with Gasteiger partial charge in [0.05, 0.1) is 7.11 Å². The highest BCUT2D eigenvalue weighted by Gasteiger charge is 2.15. The summed E-state index contributed by atoms with van der Waals surface area (Å²) >= 11 is 0. The first-order valence-corrected chi connectivity index (χ1v) is 5.60. The fourth-order valence-electron chi connectivity index (χ4n) is 2.11. The number of rotatable bonds is 4. The lowest BCUT2D eigenvalue weighted by molar-refractivity contribution is 0.0867. The Morgan fingerprint density at radius 3 is 2.81 bits per heavy atom. The van der Waals surface area contributed by atoms with Gasteiger partial charge < -0.3 is 9.74 Å². The second-order valence-electron chi connectivity index (χ2n) is 3.99. The van der Waals surface area contributed by atoms with E-state index in [0.717, 1.165) is 24.3 Å². The maximum Gasteiger partial charge on any atom is 0.123 e. The number of hydrogen-bond acceptors (Lipinski definition) is 3. The van der Waals surface area contributed by atoms with Crippen LogP contribution in [-0.2, 0) is 11.4 Å². The molecular weight excluding hydrogens is 207 g/mol. The third-order valence-corrected chi connectivity index (χ3v) is 2.90. The van der Waals surface area contributed by atoms with Gasteiger partial charge >= 0.3 is 0 Å². The Morgan fingerprint density at radius 2 is 2.12 bits per heavy atom. The van der Waals surface area contributed by atoms with Crippen LogP contribution in [0.2, 0.25) is 0 Å². The van der Waals surface area contributed by atoms with Crippen molar-refractivity contribution in [3.63, 3.8) is 0 Å². The number of hydroxylamine groups is 1. The van der Waals surface area contributed by atoms with Gasteiger partial charge in [0.25, 0.3) is 0 Å². The molecule has 2 rings (SSSR count). The Morgan fingerprint density at radius 1 is 1.38 bits per heavy atom. The van der Waals surface area contributed by atoms with Gasteiger partial charge in [-0.2, -0.15) is 5.48 Å². The molecule has 0 spiro atoms. The molecule has 88 valence electrons. The lowest BCUT2D eigenvalue weighted by Crippen LogP contribution is -2.21. The van der Waals surface area contributed by atoms with Gasteiger partial charge in [-0.15, -0.1) is 0 Å². The summed E-state index contributed by atoms with van der Waals surface area (Å²) < 4.78 is 13.2. The summed E-state index contributed by atoms with van der Waals surface area (Å²) in [6, 6.07) is 4.94. The van der Waals surface area contributed by atoms with Gasteiger partial charge in [-0.25, -0.2) is 4.39 Å². The fraction of sp³-hybridized carbons (Fsp3) is 0.500. The highest BCUT2D eigenvalue weighted by Crippen LogP contribution is 2.25. The van der Waals surface area contributed by atoms with Crippen molar-refractivity contribution in [2.45, 2.75) is 19.4 Å². The SMILES string of the molecule is CONCc1cc(F)ccc1N1CCCC1. The molecule has 1 aliphatic heterocycles. The van der Waals surface area contributed by atoms with Crippen LogP contribution in [-0.4, -0.2) is 20.2 Å². The van der Waals surface area contributed by atoms with Crippen molar-refractivity contribution in [2.75, 3.05) is 25.1 Å². The molecule has 0 atom stereocenters. The molecule has 1 aliphatic rings. The van der Waals surface area contributed by atoms with Crippen molar-refractivity contribution in [1.29, 1.82) is 0 Å². The van der Waals surface area contributed by atoms with Crippen molar-refractivity contribution in [1.82, 2.24) is 5.48 Å². The summed E-state index contributed by atoms with van der Waals surface area (Å²) in [6.07, 6.45) is 2.43. The van der Waals surface area contributed by atoms with Crippen LogP contribution in [0.3, 0.4) is 0 Å². The zero-order valence-corrected chi connectivity index (χ0v) is 9.50. The van der Waals surface area contributed by atoms with Crippen LogP contribution in [0.4, 0.5) is 10.1 Å². The lowest BCUT2D eigenvalue weighted by Gasteiger charge is -2.21. The van der Waals surface area contributed by atoms with Crippen LogP contribution < -0.4 is 10.4 Å². The van der Waals surface area contributed by atoms with Gasteiger partial charge in [-0.1, -0.05) is 0 Å². The number of benzene rings is 1. The summed E-state index contributed by atoms with van der Waals surface area (Å²) in [5.41, 5.74) is 4.82. The van der Waals surface area contributed by atoms with Crippen LogP contribution in [0.15, 0.2) is 18.2 Å². The summed E-state index contributed by atoms with van der Waals surface area (Å²) in [6.45, 7) is 2.65. The average Bonchev–Trinajstić information content (AvgIpc) is 2.80. The summed E-state index contributed by atoms with van der Waals surface area (Å²) in [5.74, 6) is -0.198. The van der Waals surface area contributed by atoms with Crippen LogP contribution in [0, 0.1) is 5.82 Å². The molecule has 0 radical (unpaired) electrons. The minimum atomic E-state index is -0.198. The van der Waals surface area contributed by atoms with E-state index in [4.69, 9.17) is 4.84 Å². The van der Waals surface area contributed by atoms with Gasteiger partial charge in [0.2, 0.25) is 0 Å². The van der Waals surface area contributed by atoms with E-state index in [1.807, 2.05) is 6.07 Å². The minimum absolute atomic E-state index is 0.198.